The van der Waals surface area contributed by atoms with E-state index in [0.717, 1.165) is 50.1 Å². The molecule has 1 spiro atoms. The summed E-state index contributed by atoms with van der Waals surface area (Å²) in [4.78, 5) is 36.9. The summed E-state index contributed by atoms with van der Waals surface area (Å²) < 4.78 is 0. The molecule has 1 atom stereocenters. The third-order valence-corrected chi connectivity index (χ3v) is 7.21. The second kappa shape index (κ2) is 10.1. The third-order valence-electron chi connectivity index (χ3n) is 6.40. The highest BCUT2D eigenvalue weighted by Gasteiger charge is 2.57. The molecule has 6 nitrogen and oxygen atoms in total. The Morgan fingerprint density at radius 2 is 1.93 bits per heavy atom. The van der Waals surface area contributed by atoms with Crippen LogP contribution in [-0.2, 0) is 11.2 Å². The Balaban J connectivity index is 1.70. The molecule has 0 aliphatic carbocycles. The van der Waals surface area contributed by atoms with Gasteiger partial charge in [0.15, 0.2) is 0 Å². The number of carbonyl (C=O) groups excluding carboxylic acids is 2. The lowest BCUT2D eigenvalue weighted by Crippen LogP contribution is -2.58. The highest BCUT2D eigenvalue weighted by atomic mass is 32.2. The van der Waals surface area contributed by atoms with Gasteiger partial charge in [-0.05, 0) is 56.4 Å². The Kier molecular flexibility index (Phi) is 7.80. The summed E-state index contributed by atoms with van der Waals surface area (Å²) in [7, 11) is 0. The minimum absolute atomic E-state index is 0.0245. The average molecular weight is 433 g/mol. The Hall–Kier alpha value is -1.60. The molecule has 2 aliphatic heterocycles. The van der Waals surface area contributed by atoms with Gasteiger partial charge in [-0.3, -0.25) is 19.6 Å². The fraction of sp³-hybridized carbons (Fsp3) is 0.696. The average Bonchev–Trinajstić information content (AvgIpc) is 2.91. The van der Waals surface area contributed by atoms with Crippen molar-refractivity contribution in [3.8, 4) is 0 Å². The number of pyridine rings is 1. The first-order valence-corrected chi connectivity index (χ1v) is 12.5. The van der Waals surface area contributed by atoms with Crippen LogP contribution in [0, 0.1) is 5.92 Å². The maximum absolute atomic E-state index is 13.6. The summed E-state index contributed by atoms with van der Waals surface area (Å²) in [5.74, 6) is 1.45. The normalized spacial score (nSPS) is 20.6. The van der Waals surface area contributed by atoms with E-state index in [1.807, 2.05) is 35.0 Å². The first kappa shape index (κ1) is 23.1. The predicted molar refractivity (Wildman–Crippen MR) is 123 cm³/mol. The summed E-state index contributed by atoms with van der Waals surface area (Å²) in [6, 6.07) is 4.37. The number of nitrogens with zero attached hydrogens (tertiary/aromatic N) is 4. The minimum atomic E-state index is -0.648. The van der Waals surface area contributed by atoms with Crippen LogP contribution in [0.3, 0.4) is 0 Å². The van der Waals surface area contributed by atoms with Crippen molar-refractivity contribution in [3.63, 3.8) is 0 Å². The number of carbonyl (C=O) groups is 2. The van der Waals surface area contributed by atoms with E-state index in [1.54, 1.807) is 6.20 Å². The molecule has 1 aromatic heterocycles. The van der Waals surface area contributed by atoms with E-state index in [1.165, 1.54) is 4.90 Å². The largest absolute Gasteiger partial charge is 0.327 e. The van der Waals surface area contributed by atoms with E-state index in [4.69, 9.17) is 0 Å². The summed E-state index contributed by atoms with van der Waals surface area (Å²) in [5.41, 5.74) is 0.493. The number of hydrogen-bond donors (Lipinski definition) is 0. The SMILES string of the molecule is CSCC(C)N1CCC2(CC1)C(=O)N(CCCc1cccnc1)C(=O)N2CC(C)C. The molecule has 3 amide bonds. The van der Waals surface area contributed by atoms with Gasteiger partial charge < -0.3 is 4.90 Å². The van der Waals surface area contributed by atoms with Crippen molar-refractivity contribution < 1.29 is 9.59 Å². The molecule has 0 radical (unpaired) electrons. The first-order valence-electron chi connectivity index (χ1n) is 11.1. The highest BCUT2D eigenvalue weighted by Crippen LogP contribution is 2.38. The van der Waals surface area contributed by atoms with Crippen molar-refractivity contribution in [2.75, 3.05) is 38.2 Å². The van der Waals surface area contributed by atoms with Crippen LogP contribution in [0.2, 0.25) is 0 Å². The molecule has 2 fully saturated rings. The molecular weight excluding hydrogens is 396 g/mol. The van der Waals surface area contributed by atoms with E-state index in [0.29, 0.717) is 25.0 Å². The van der Waals surface area contributed by atoms with Gasteiger partial charge in [0, 0.05) is 50.4 Å². The van der Waals surface area contributed by atoms with Gasteiger partial charge in [0.25, 0.3) is 5.91 Å². The van der Waals surface area contributed by atoms with Gasteiger partial charge in [-0.15, -0.1) is 0 Å². The van der Waals surface area contributed by atoms with Crippen LogP contribution in [0.4, 0.5) is 4.79 Å². The van der Waals surface area contributed by atoms with Crippen molar-refractivity contribution in [3.05, 3.63) is 30.1 Å². The molecule has 1 unspecified atom stereocenters. The zero-order valence-electron chi connectivity index (χ0n) is 18.8. The molecule has 7 heteroatoms. The smallest absolute Gasteiger partial charge is 0.309 e. The maximum Gasteiger partial charge on any atom is 0.327 e. The fourth-order valence-corrected chi connectivity index (χ4v) is 5.44. The molecule has 166 valence electrons. The number of aromatic nitrogens is 1. The zero-order valence-corrected chi connectivity index (χ0v) is 19.7. The van der Waals surface area contributed by atoms with E-state index >= 15 is 0 Å². The number of likely N-dealkylation sites (tertiary alicyclic amines) is 1. The van der Waals surface area contributed by atoms with Crippen LogP contribution < -0.4 is 0 Å². The molecule has 0 bridgehead atoms. The monoisotopic (exact) mass is 432 g/mol. The van der Waals surface area contributed by atoms with Gasteiger partial charge in [0.1, 0.15) is 5.54 Å². The van der Waals surface area contributed by atoms with Crippen LogP contribution in [-0.4, -0.2) is 81.4 Å². The van der Waals surface area contributed by atoms with Gasteiger partial charge in [0.05, 0.1) is 0 Å². The van der Waals surface area contributed by atoms with Crippen LogP contribution in [0.25, 0.3) is 0 Å². The Labute approximate surface area is 185 Å². The van der Waals surface area contributed by atoms with Gasteiger partial charge >= 0.3 is 6.03 Å². The second-order valence-corrected chi connectivity index (χ2v) is 9.99. The number of piperidine rings is 1. The van der Waals surface area contributed by atoms with E-state index < -0.39 is 5.54 Å². The highest BCUT2D eigenvalue weighted by molar-refractivity contribution is 7.98. The van der Waals surface area contributed by atoms with Crippen molar-refractivity contribution in [2.24, 2.45) is 5.92 Å². The predicted octanol–water partition coefficient (Wildman–Crippen LogP) is 3.52. The van der Waals surface area contributed by atoms with Gasteiger partial charge in [-0.1, -0.05) is 19.9 Å². The van der Waals surface area contributed by atoms with E-state index in [-0.39, 0.29) is 11.9 Å². The third kappa shape index (κ3) is 4.83. The van der Waals surface area contributed by atoms with Crippen LogP contribution in [0.5, 0.6) is 0 Å². The maximum atomic E-state index is 13.6. The molecule has 1 aromatic rings. The minimum Gasteiger partial charge on any atom is -0.309 e. The van der Waals surface area contributed by atoms with Crippen molar-refractivity contribution in [1.82, 2.24) is 19.7 Å². The van der Waals surface area contributed by atoms with Crippen LogP contribution in [0.1, 0.15) is 45.6 Å². The van der Waals surface area contributed by atoms with Crippen LogP contribution in [0.15, 0.2) is 24.5 Å². The lowest BCUT2D eigenvalue weighted by molar-refractivity contribution is -0.136. The molecule has 2 aliphatic rings. The van der Waals surface area contributed by atoms with Gasteiger partial charge in [-0.2, -0.15) is 11.8 Å². The molecule has 30 heavy (non-hydrogen) atoms. The quantitative estimate of drug-likeness (QED) is 0.559. The summed E-state index contributed by atoms with van der Waals surface area (Å²) in [5, 5.41) is 0. The number of thioether (sulfide) groups is 1. The zero-order chi connectivity index (χ0) is 21.7. The molecular formula is C23H36N4O2S. The molecule has 0 saturated carbocycles. The molecule has 2 saturated heterocycles. The molecule has 0 N–H and O–H groups in total. The van der Waals surface area contributed by atoms with E-state index in [2.05, 4.69) is 36.9 Å². The number of urea groups is 1. The number of rotatable bonds is 9. The number of imide groups is 1. The van der Waals surface area contributed by atoms with E-state index in [9.17, 15) is 9.59 Å². The van der Waals surface area contributed by atoms with Crippen LogP contribution >= 0.6 is 11.8 Å². The first-order chi connectivity index (χ1) is 14.4. The number of amides is 3. The van der Waals surface area contributed by atoms with Gasteiger partial charge in [-0.25, -0.2) is 4.79 Å². The van der Waals surface area contributed by atoms with Crippen molar-refractivity contribution in [1.29, 1.82) is 0 Å². The van der Waals surface area contributed by atoms with Gasteiger partial charge in [0.2, 0.25) is 0 Å². The second-order valence-electron chi connectivity index (χ2n) is 9.08. The summed E-state index contributed by atoms with van der Waals surface area (Å²) >= 11 is 1.86. The fourth-order valence-electron chi connectivity index (χ4n) is 4.75. The van der Waals surface area contributed by atoms with Crippen molar-refractivity contribution >= 4 is 23.7 Å². The number of aryl methyl sites for hydroxylation is 1. The summed E-state index contributed by atoms with van der Waals surface area (Å²) in [6.45, 7) is 9.36. The lowest BCUT2D eigenvalue weighted by Gasteiger charge is -2.44. The molecule has 0 aromatic carbocycles. The lowest BCUT2D eigenvalue weighted by atomic mass is 9.85. The van der Waals surface area contributed by atoms with Crippen molar-refractivity contribution in [2.45, 2.75) is 58.0 Å². The number of hydrogen-bond acceptors (Lipinski definition) is 5. The topological polar surface area (TPSA) is 56.8 Å². The Bertz CT molecular complexity index is 719. The Morgan fingerprint density at radius 1 is 1.20 bits per heavy atom. The molecule has 3 rings (SSSR count). The molecule has 3 heterocycles. The Morgan fingerprint density at radius 3 is 2.53 bits per heavy atom. The standard InChI is InChI=1S/C23H36N4O2S/c1-18(2)16-27-22(29)26(12-6-8-20-7-5-11-24-15-20)21(28)23(27)9-13-25(14-10-23)19(3)17-30-4/h5,7,11,15,18-19H,6,8-10,12-14,16-17H2,1-4H3. The summed E-state index contributed by atoms with van der Waals surface area (Å²) in [6.07, 6.45) is 8.81.